The van der Waals surface area contributed by atoms with Gasteiger partial charge in [0.1, 0.15) is 0 Å². The van der Waals surface area contributed by atoms with Crippen LogP contribution < -0.4 is 5.73 Å². The van der Waals surface area contributed by atoms with Crippen LogP contribution >= 0.6 is 0 Å². The zero-order valence-electron chi connectivity index (χ0n) is 12.9. The highest BCUT2D eigenvalue weighted by Crippen LogP contribution is 2.29. The third-order valence-corrected chi connectivity index (χ3v) is 4.34. The molecule has 1 aliphatic rings. The lowest BCUT2D eigenvalue weighted by atomic mass is 9.98. The Morgan fingerprint density at radius 1 is 1.30 bits per heavy atom. The third kappa shape index (κ3) is 3.81. The molecule has 3 nitrogen and oxygen atoms in total. The molecule has 112 valence electrons. The van der Waals surface area contributed by atoms with Crippen LogP contribution in [0.2, 0.25) is 0 Å². The summed E-state index contributed by atoms with van der Waals surface area (Å²) in [5, 5.41) is 0. The predicted octanol–water partition coefficient (Wildman–Crippen LogP) is 3.22. The van der Waals surface area contributed by atoms with Crippen LogP contribution in [0.15, 0.2) is 24.3 Å². The summed E-state index contributed by atoms with van der Waals surface area (Å²) in [5.74, 6) is 0. The Bertz CT molecular complexity index is 431. The van der Waals surface area contributed by atoms with Crippen molar-refractivity contribution >= 4 is 0 Å². The quantitative estimate of drug-likeness (QED) is 0.840. The summed E-state index contributed by atoms with van der Waals surface area (Å²) in [4.78, 5) is 0. The highest BCUT2D eigenvalue weighted by molar-refractivity contribution is 5.31. The molecule has 0 aliphatic heterocycles. The lowest BCUT2D eigenvalue weighted by molar-refractivity contribution is -0.0339. The first-order valence-electron chi connectivity index (χ1n) is 7.53. The van der Waals surface area contributed by atoms with Crippen molar-refractivity contribution in [3.8, 4) is 0 Å². The molecular weight excluding hydrogens is 250 g/mol. The molecule has 0 bridgehead atoms. The van der Waals surface area contributed by atoms with Gasteiger partial charge in [0.2, 0.25) is 0 Å². The number of aryl methyl sites for hydroxylation is 1. The molecule has 0 radical (unpaired) electrons. The van der Waals surface area contributed by atoms with Gasteiger partial charge in [0.05, 0.1) is 17.7 Å². The number of methoxy groups -OCH3 is 1. The zero-order valence-corrected chi connectivity index (χ0v) is 12.9. The summed E-state index contributed by atoms with van der Waals surface area (Å²) < 4.78 is 11.5. The summed E-state index contributed by atoms with van der Waals surface area (Å²) in [6, 6.07) is 8.47. The maximum atomic E-state index is 6.42. The maximum Gasteiger partial charge on any atom is 0.0767 e. The van der Waals surface area contributed by atoms with E-state index in [4.69, 9.17) is 15.2 Å². The standard InChI is InChI=1S/C17H27NO2/c1-17(2,19-3)11-12-20-15-10-6-8-13-7-4-5-9-14(13)16(15)18/h4-5,7,9,15-16H,6,8,10-12,18H2,1-3H3. The van der Waals surface area contributed by atoms with E-state index in [2.05, 4.69) is 38.1 Å². The van der Waals surface area contributed by atoms with Crippen molar-refractivity contribution in [2.24, 2.45) is 5.73 Å². The summed E-state index contributed by atoms with van der Waals surface area (Å²) in [6.45, 7) is 4.86. The van der Waals surface area contributed by atoms with Crippen molar-refractivity contribution in [2.45, 2.75) is 57.3 Å². The molecule has 0 saturated heterocycles. The predicted molar refractivity (Wildman–Crippen MR) is 81.8 cm³/mol. The molecule has 2 atom stereocenters. The van der Waals surface area contributed by atoms with Crippen molar-refractivity contribution in [2.75, 3.05) is 13.7 Å². The number of hydrogen-bond acceptors (Lipinski definition) is 3. The first kappa shape index (κ1) is 15.5. The summed E-state index contributed by atoms with van der Waals surface area (Å²) >= 11 is 0. The Balaban J connectivity index is 1.96. The maximum absolute atomic E-state index is 6.42. The normalized spacial score (nSPS) is 23.2. The summed E-state index contributed by atoms with van der Waals surface area (Å²) in [6.07, 6.45) is 4.28. The number of hydrogen-bond donors (Lipinski definition) is 1. The smallest absolute Gasteiger partial charge is 0.0767 e. The Morgan fingerprint density at radius 3 is 2.80 bits per heavy atom. The van der Waals surface area contributed by atoms with Crippen molar-refractivity contribution in [3.05, 3.63) is 35.4 Å². The molecule has 2 rings (SSSR count). The number of benzene rings is 1. The number of ether oxygens (including phenoxy) is 2. The Hall–Kier alpha value is -0.900. The molecular formula is C17H27NO2. The monoisotopic (exact) mass is 277 g/mol. The summed E-state index contributed by atoms with van der Waals surface area (Å²) in [7, 11) is 1.74. The average Bonchev–Trinajstić information content (AvgIpc) is 2.60. The first-order chi connectivity index (χ1) is 9.53. The molecule has 1 aromatic rings. The van der Waals surface area contributed by atoms with Gasteiger partial charge in [-0.2, -0.15) is 0 Å². The van der Waals surface area contributed by atoms with Gasteiger partial charge in [-0.1, -0.05) is 24.3 Å². The second-order valence-corrected chi connectivity index (χ2v) is 6.24. The van der Waals surface area contributed by atoms with Gasteiger partial charge in [-0.25, -0.2) is 0 Å². The zero-order chi connectivity index (χ0) is 14.6. The van der Waals surface area contributed by atoms with Gasteiger partial charge in [0, 0.05) is 13.7 Å². The fraction of sp³-hybridized carbons (Fsp3) is 0.647. The van der Waals surface area contributed by atoms with Gasteiger partial charge < -0.3 is 15.2 Å². The van der Waals surface area contributed by atoms with E-state index in [0.29, 0.717) is 6.61 Å². The third-order valence-electron chi connectivity index (χ3n) is 4.34. The van der Waals surface area contributed by atoms with Gasteiger partial charge in [0.25, 0.3) is 0 Å². The van der Waals surface area contributed by atoms with Gasteiger partial charge in [-0.3, -0.25) is 0 Å². The molecule has 2 N–H and O–H groups in total. The van der Waals surface area contributed by atoms with E-state index in [1.807, 2.05) is 0 Å². The van der Waals surface area contributed by atoms with Crippen LogP contribution in [0.25, 0.3) is 0 Å². The second-order valence-electron chi connectivity index (χ2n) is 6.24. The topological polar surface area (TPSA) is 44.5 Å². The van der Waals surface area contributed by atoms with E-state index in [9.17, 15) is 0 Å². The minimum absolute atomic E-state index is 0.0145. The van der Waals surface area contributed by atoms with Gasteiger partial charge in [0.15, 0.2) is 0 Å². The highest BCUT2D eigenvalue weighted by atomic mass is 16.5. The molecule has 0 saturated carbocycles. The Labute approximate surface area is 122 Å². The van der Waals surface area contributed by atoms with E-state index in [0.717, 1.165) is 25.7 Å². The van der Waals surface area contributed by atoms with E-state index >= 15 is 0 Å². The molecule has 2 unspecified atom stereocenters. The SMILES string of the molecule is COC(C)(C)CCOC1CCCc2ccccc2C1N. The van der Waals surface area contributed by atoms with Crippen LogP contribution in [0, 0.1) is 0 Å². The molecule has 1 aliphatic carbocycles. The number of fused-ring (bicyclic) bond motifs is 1. The van der Waals surface area contributed by atoms with Crippen molar-refractivity contribution < 1.29 is 9.47 Å². The Morgan fingerprint density at radius 2 is 2.05 bits per heavy atom. The molecule has 0 heterocycles. The molecule has 0 amide bonds. The molecule has 0 spiro atoms. The van der Waals surface area contributed by atoms with Crippen LogP contribution in [0.5, 0.6) is 0 Å². The van der Waals surface area contributed by atoms with Crippen molar-refractivity contribution in [1.29, 1.82) is 0 Å². The van der Waals surface area contributed by atoms with Crippen LogP contribution in [-0.2, 0) is 15.9 Å². The minimum atomic E-state index is -0.132. The second kappa shape index (κ2) is 6.70. The van der Waals surface area contributed by atoms with Gasteiger partial charge in [-0.15, -0.1) is 0 Å². The fourth-order valence-corrected chi connectivity index (χ4v) is 2.71. The highest BCUT2D eigenvalue weighted by Gasteiger charge is 2.26. The van der Waals surface area contributed by atoms with Gasteiger partial charge >= 0.3 is 0 Å². The molecule has 3 heteroatoms. The minimum Gasteiger partial charge on any atom is -0.379 e. The van der Waals surface area contributed by atoms with Crippen molar-refractivity contribution in [3.63, 3.8) is 0 Å². The van der Waals surface area contributed by atoms with Crippen molar-refractivity contribution in [1.82, 2.24) is 0 Å². The van der Waals surface area contributed by atoms with E-state index in [1.54, 1.807) is 7.11 Å². The van der Waals surface area contributed by atoms with E-state index in [1.165, 1.54) is 11.1 Å². The van der Waals surface area contributed by atoms with E-state index in [-0.39, 0.29) is 17.7 Å². The Kier molecular flexibility index (Phi) is 5.19. The average molecular weight is 277 g/mol. The largest absolute Gasteiger partial charge is 0.379 e. The lowest BCUT2D eigenvalue weighted by Crippen LogP contribution is -2.31. The first-order valence-corrected chi connectivity index (χ1v) is 7.53. The van der Waals surface area contributed by atoms with Crippen LogP contribution in [0.4, 0.5) is 0 Å². The van der Waals surface area contributed by atoms with Gasteiger partial charge in [-0.05, 0) is 50.7 Å². The van der Waals surface area contributed by atoms with E-state index < -0.39 is 0 Å². The summed E-state index contributed by atoms with van der Waals surface area (Å²) in [5.41, 5.74) is 8.91. The molecule has 1 aromatic carbocycles. The fourth-order valence-electron chi connectivity index (χ4n) is 2.71. The molecule has 0 aromatic heterocycles. The number of rotatable bonds is 5. The molecule has 0 fully saturated rings. The van der Waals surface area contributed by atoms with Crippen LogP contribution in [0.1, 0.15) is 50.3 Å². The molecule has 20 heavy (non-hydrogen) atoms. The number of nitrogens with two attached hydrogens (primary N) is 1. The lowest BCUT2D eigenvalue weighted by Gasteiger charge is -2.27. The van der Waals surface area contributed by atoms with Crippen LogP contribution in [0.3, 0.4) is 0 Å². The van der Waals surface area contributed by atoms with Crippen LogP contribution in [-0.4, -0.2) is 25.4 Å².